The summed E-state index contributed by atoms with van der Waals surface area (Å²) in [5.74, 6) is 0. The summed E-state index contributed by atoms with van der Waals surface area (Å²) in [4.78, 5) is 0. The summed E-state index contributed by atoms with van der Waals surface area (Å²) in [7, 11) is 0. The van der Waals surface area contributed by atoms with Crippen LogP contribution in [0.25, 0.3) is 33.0 Å². The van der Waals surface area contributed by atoms with Gasteiger partial charge in [0.05, 0.1) is 0 Å². The minimum Gasteiger partial charge on any atom is -0.103 e. The van der Waals surface area contributed by atoms with Crippen molar-refractivity contribution in [1.29, 1.82) is 0 Å². The average molecular weight is 389 g/mol. The molecule has 0 fully saturated rings. The molecular formula is C30H28. The molecule has 0 saturated carbocycles. The Morgan fingerprint density at radius 1 is 0.567 bits per heavy atom. The minimum absolute atomic E-state index is 1.00. The molecule has 148 valence electrons. The van der Waals surface area contributed by atoms with E-state index in [2.05, 4.69) is 98.1 Å². The van der Waals surface area contributed by atoms with Gasteiger partial charge in [0.2, 0.25) is 0 Å². The Hall–Kier alpha value is -3.38. The molecule has 0 bridgehead atoms. The summed E-state index contributed by atoms with van der Waals surface area (Å²) in [6, 6.07) is 31.2. The van der Waals surface area contributed by atoms with Crippen LogP contribution in [0.2, 0.25) is 0 Å². The Morgan fingerprint density at radius 3 is 2.00 bits per heavy atom. The van der Waals surface area contributed by atoms with Gasteiger partial charge < -0.3 is 0 Å². The zero-order valence-electron chi connectivity index (χ0n) is 17.5. The fourth-order valence-electron chi connectivity index (χ4n) is 4.02. The Balaban J connectivity index is 1.60. The first-order valence-electron chi connectivity index (χ1n) is 10.7. The lowest BCUT2D eigenvalue weighted by molar-refractivity contribution is 1.01. The van der Waals surface area contributed by atoms with Crippen molar-refractivity contribution < 1.29 is 0 Å². The lowest BCUT2D eigenvalue weighted by atomic mass is 9.94. The predicted octanol–water partition coefficient (Wildman–Crippen LogP) is 8.41. The van der Waals surface area contributed by atoms with Crippen molar-refractivity contribution in [3.05, 3.63) is 121 Å². The van der Waals surface area contributed by atoms with Crippen LogP contribution in [-0.2, 0) is 12.8 Å². The maximum Gasteiger partial charge on any atom is -0.0152 e. The molecule has 0 aromatic heterocycles. The molecule has 0 unspecified atom stereocenters. The van der Waals surface area contributed by atoms with Gasteiger partial charge in [-0.25, -0.2) is 0 Å². The summed E-state index contributed by atoms with van der Waals surface area (Å²) in [6.45, 7) is 7.68. The van der Waals surface area contributed by atoms with Gasteiger partial charge in [-0.2, -0.15) is 0 Å². The topological polar surface area (TPSA) is 0 Å². The first-order valence-corrected chi connectivity index (χ1v) is 10.7. The quantitative estimate of drug-likeness (QED) is 0.266. The second kappa shape index (κ2) is 9.41. The number of aryl methyl sites for hydroxylation is 2. The number of benzene rings is 4. The van der Waals surface area contributed by atoms with Crippen molar-refractivity contribution in [2.45, 2.75) is 25.7 Å². The number of allylic oxidation sites excluding steroid dienone is 2. The van der Waals surface area contributed by atoms with Crippen LogP contribution in [0.1, 0.15) is 24.0 Å². The van der Waals surface area contributed by atoms with Gasteiger partial charge in [0.25, 0.3) is 0 Å². The largest absolute Gasteiger partial charge is 0.103 e. The Kier molecular flexibility index (Phi) is 6.25. The van der Waals surface area contributed by atoms with Crippen LogP contribution in [-0.4, -0.2) is 0 Å². The van der Waals surface area contributed by atoms with Crippen molar-refractivity contribution in [2.24, 2.45) is 0 Å². The summed E-state index contributed by atoms with van der Waals surface area (Å²) >= 11 is 0. The highest BCUT2D eigenvalue weighted by molar-refractivity contribution is 5.88. The number of rotatable bonds is 8. The molecule has 0 N–H and O–H groups in total. The van der Waals surface area contributed by atoms with E-state index >= 15 is 0 Å². The third-order valence-electron chi connectivity index (χ3n) is 5.71. The van der Waals surface area contributed by atoms with Gasteiger partial charge in [0, 0.05) is 0 Å². The van der Waals surface area contributed by atoms with Crippen LogP contribution in [0.4, 0.5) is 0 Å². The SMILES string of the molecule is C=CCCc1ccc2cc(-c3ccc(-c4ccccc4CCC=C)cc3)ccc2c1. The second-order valence-corrected chi connectivity index (χ2v) is 7.79. The van der Waals surface area contributed by atoms with Gasteiger partial charge >= 0.3 is 0 Å². The summed E-state index contributed by atoms with van der Waals surface area (Å²) in [6.07, 6.45) is 8.07. The summed E-state index contributed by atoms with van der Waals surface area (Å²) in [5, 5.41) is 2.58. The summed E-state index contributed by atoms with van der Waals surface area (Å²) < 4.78 is 0. The first-order chi connectivity index (χ1) is 14.8. The molecule has 4 aromatic rings. The normalized spacial score (nSPS) is 10.8. The van der Waals surface area contributed by atoms with E-state index in [1.54, 1.807) is 0 Å². The number of fused-ring (bicyclic) bond motifs is 1. The molecule has 4 rings (SSSR count). The zero-order chi connectivity index (χ0) is 20.8. The molecule has 0 aliphatic heterocycles. The van der Waals surface area contributed by atoms with Crippen LogP contribution in [0.5, 0.6) is 0 Å². The average Bonchev–Trinajstić information content (AvgIpc) is 2.81. The van der Waals surface area contributed by atoms with E-state index in [0.717, 1.165) is 25.7 Å². The standard InChI is InChI=1S/C30H28/c1-3-5-9-23-13-14-29-22-28(20-19-27(29)21-23)24-15-17-26(18-16-24)30-12-8-7-11-25(30)10-6-4-2/h3-4,7-8,11-22H,1-2,5-6,9-10H2. The monoisotopic (exact) mass is 388 g/mol. The fraction of sp³-hybridized carbons (Fsp3) is 0.133. The van der Waals surface area contributed by atoms with Crippen molar-refractivity contribution in [3.63, 3.8) is 0 Å². The lowest BCUT2D eigenvalue weighted by Crippen LogP contribution is -1.89. The third-order valence-corrected chi connectivity index (χ3v) is 5.71. The molecule has 0 radical (unpaired) electrons. The second-order valence-electron chi connectivity index (χ2n) is 7.79. The zero-order valence-corrected chi connectivity index (χ0v) is 17.5. The van der Waals surface area contributed by atoms with Crippen molar-refractivity contribution in [2.75, 3.05) is 0 Å². The Bertz CT molecular complexity index is 1160. The molecule has 0 saturated heterocycles. The van der Waals surface area contributed by atoms with E-state index in [-0.39, 0.29) is 0 Å². The van der Waals surface area contributed by atoms with Crippen molar-refractivity contribution >= 4 is 10.8 Å². The maximum absolute atomic E-state index is 3.86. The number of hydrogen-bond acceptors (Lipinski definition) is 0. The van der Waals surface area contributed by atoms with Crippen LogP contribution >= 0.6 is 0 Å². The molecule has 0 spiro atoms. The highest BCUT2D eigenvalue weighted by Crippen LogP contribution is 2.30. The van der Waals surface area contributed by atoms with Gasteiger partial charge in [-0.3, -0.25) is 0 Å². The molecule has 30 heavy (non-hydrogen) atoms. The predicted molar refractivity (Wildman–Crippen MR) is 132 cm³/mol. The van der Waals surface area contributed by atoms with Crippen LogP contribution in [0, 0.1) is 0 Å². The van der Waals surface area contributed by atoms with Gasteiger partial charge in [0.15, 0.2) is 0 Å². The molecule has 0 aliphatic rings. The van der Waals surface area contributed by atoms with E-state index < -0.39 is 0 Å². The van der Waals surface area contributed by atoms with Crippen molar-refractivity contribution in [3.8, 4) is 22.3 Å². The molecule has 0 heterocycles. The summed E-state index contributed by atoms with van der Waals surface area (Å²) in [5.41, 5.74) is 7.84. The highest BCUT2D eigenvalue weighted by atomic mass is 14.1. The molecule has 0 heteroatoms. The van der Waals surface area contributed by atoms with E-state index in [4.69, 9.17) is 0 Å². The Morgan fingerprint density at radius 2 is 1.20 bits per heavy atom. The van der Waals surface area contributed by atoms with E-state index in [1.807, 2.05) is 12.2 Å². The molecule has 0 atom stereocenters. The maximum atomic E-state index is 3.86. The van der Waals surface area contributed by atoms with Crippen LogP contribution < -0.4 is 0 Å². The van der Waals surface area contributed by atoms with Crippen LogP contribution in [0.15, 0.2) is 110 Å². The lowest BCUT2D eigenvalue weighted by Gasteiger charge is -2.11. The van der Waals surface area contributed by atoms with Crippen molar-refractivity contribution in [1.82, 2.24) is 0 Å². The molecule has 0 aliphatic carbocycles. The molecule has 4 aromatic carbocycles. The first kappa shape index (κ1) is 19.9. The van der Waals surface area contributed by atoms with Gasteiger partial charge in [-0.15, -0.1) is 13.2 Å². The molecular weight excluding hydrogens is 360 g/mol. The van der Waals surface area contributed by atoms with E-state index in [1.165, 1.54) is 44.2 Å². The van der Waals surface area contributed by atoms with Crippen LogP contribution in [0.3, 0.4) is 0 Å². The number of hydrogen-bond donors (Lipinski definition) is 0. The highest BCUT2D eigenvalue weighted by Gasteiger charge is 2.06. The van der Waals surface area contributed by atoms with Gasteiger partial charge in [-0.05, 0) is 75.9 Å². The Labute approximate surface area is 180 Å². The smallest absolute Gasteiger partial charge is 0.0152 e. The van der Waals surface area contributed by atoms with Gasteiger partial charge in [0.1, 0.15) is 0 Å². The molecule has 0 nitrogen and oxygen atoms in total. The minimum atomic E-state index is 1.00. The van der Waals surface area contributed by atoms with E-state index in [0.29, 0.717) is 0 Å². The fourth-order valence-corrected chi connectivity index (χ4v) is 4.02. The van der Waals surface area contributed by atoms with E-state index in [9.17, 15) is 0 Å². The van der Waals surface area contributed by atoms with Gasteiger partial charge in [-0.1, -0.05) is 91.0 Å². The third kappa shape index (κ3) is 4.44. The molecule has 0 amide bonds.